The van der Waals surface area contributed by atoms with E-state index in [9.17, 15) is 15.0 Å². The van der Waals surface area contributed by atoms with Crippen LogP contribution < -0.4 is 0 Å². The molecule has 2 aromatic rings. The van der Waals surface area contributed by atoms with Crippen LogP contribution in [0.4, 0.5) is 11.4 Å². The smallest absolute Gasteiger partial charge is 0.216 e. The van der Waals surface area contributed by atoms with Gasteiger partial charge in [0.1, 0.15) is 0 Å². The summed E-state index contributed by atoms with van der Waals surface area (Å²) in [6, 6.07) is 13.6. The summed E-state index contributed by atoms with van der Waals surface area (Å²) in [5.74, 6) is -0.776. The fraction of sp³-hybridized carbons (Fsp3) is 0.118. The third-order valence-electron chi connectivity index (χ3n) is 4.10. The Morgan fingerprint density at radius 2 is 1.18 bits per heavy atom. The van der Waals surface area contributed by atoms with Crippen LogP contribution in [0.1, 0.15) is 11.1 Å². The molecule has 5 nitrogen and oxygen atoms in total. The van der Waals surface area contributed by atoms with Gasteiger partial charge >= 0.3 is 0 Å². The van der Waals surface area contributed by atoms with Gasteiger partial charge in [0, 0.05) is 23.6 Å². The fourth-order valence-corrected chi connectivity index (χ4v) is 2.93. The quantitative estimate of drug-likeness (QED) is 0.885. The molecule has 5 heteroatoms. The number of ketones is 1. The number of hydrogen-bond acceptors (Lipinski definition) is 5. The Morgan fingerprint density at radius 1 is 0.773 bits per heavy atom. The van der Waals surface area contributed by atoms with Crippen LogP contribution in [0.2, 0.25) is 0 Å². The Kier molecular flexibility index (Phi) is 2.49. The SMILES string of the molecule is O=C(C1(O)C=Nc2ccccc21)C1(O)C=Nc2ccccc21. The maximum absolute atomic E-state index is 12.9. The second-order valence-corrected chi connectivity index (χ2v) is 5.41. The zero-order valence-corrected chi connectivity index (χ0v) is 11.5. The van der Waals surface area contributed by atoms with Gasteiger partial charge in [-0.2, -0.15) is 0 Å². The Bertz CT molecular complexity index is 789. The summed E-state index contributed by atoms with van der Waals surface area (Å²) >= 11 is 0. The predicted octanol–water partition coefficient (Wildman–Crippen LogP) is 1.76. The molecule has 2 aliphatic heterocycles. The number of aliphatic hydroxyl groups is 2. The van der Waals surface area contributed by atoms with E-state index in [0.29, 0.717) is 22.5 Å². The molecule has 108 valence electrons. The minimum absolute atomic E-state index is 0.367. The van der Waals surface area contributed by atoms with Crippen LogP contribution in [-0.4, -0.2) is 28.4 Å². The van der Waals surface area contributed by atoms with Gasteiger partial charge in [-0.15, -0.1) is 0 Å². The average molecular weight is 292 g/mol. The summed E-state index contributed by atoms with van der Waals surface area (Å²) in [5.41, 5.74) is -2.16. The second-order valence-electron chi connectivity index (χ2n) is 5.41. The van der Waals surface area contributed by atoms with Gasteiger partial charge < -0.3 is 10.2 Å². The van der Waals surface area contributed by atoms with Gasteiger partial charge in [-0.25, -0.2) is 0 Å². The van der Waals surface area contributed by atoms with Crippen LogP contribution in [0.3, 0.4) is 0 Å². The number of carbonyl (C=O) groups excluding carboxylic acids is 1. The van der Waals surface area contributed by atoms with E-state index < -0.39 is 17.0 Å². The van der Waals surface area contributed by atoms with E-state index >= 15 is 0 Å². The van der Waals surface area contributed by atoms with Crippen molar-refractivity contribution in [1.82, 2.24) is 0 Å². The molecular formula is C17H12N2O3. The molecule has 0 amide bonds. The number of carbonyl (C=O) groups is 1. The highest BCUT2D eigenvalue weighted by atomic mass is 16.3. The average Bonchev–Trinajstić information content (AvgIpc) is 3.08. The number of fused-ring (bicyclic) bond motifs is 2. The van der Waals surface area contributed by atoms with Gasteiger partial charge in [0.25, 0.3) is 0 Å². The Labute approximate surface area is 126 Å². The third kappa shape index (κ3) is 1.52. The molecule has 2 heterocycles. The third-order valence-corrected chi connectivity index (χ3v) is 4.10. The van der Waals surface area contributed by atoms with Crippen LogP contribution in [0.15, 0.2) is 58.5 Å². The minimum atomic E-state index is -1.96. The van der Waals surface area contributed by atoms with Crippen molar-refractivity contribution in [3.63, 3.8) is 0 Å². The number of Topliss-reactive ketones (excluding diaryl/α,β-unsaturated/α-hetero) is 1. The highest BCUT2D eigenvalue weighted by molar-refractivity contribution is 6.19. The molecule has 2 aromatic carbocycles. The van der Waals surface area contributed by atoms with Crippen molar-refractivity contribution in [2.24, 2.45) is 9.98 Å². The second kappa shape index (κ2) is 4.19. The van der Waals surface area contributed by atoms with Crippen molar-refractivity contribution in [2.75, 3.05) is 0 Å². The van der Waals surface area contributed by atoms with Gasteiger partial charge in [0.05, 0.1) is 11.4 Å². The van der Waals surface area contributed by atoms with Crippen LogP contribution in [0, 0.1) is 0 Å². The molecule has 0 saturated carbocycles. The van der Waals surface area contributed by atoms with Crippen LogP contribution in [0.5, 0.6) is 0 Å². The molecule has 0 saturated heterocycles. The number of aliphatic imine (C=N–C) groups is 2. The summed E-state index contributed by atoms with van der Waals surface area (Å²) < 4.78 is 0. The first-order valence-corrected chi connectivity index (χ1v) is 6.85. The summed E-state index contributed by atoms with van der Waals surface area (Å²) in [6.45, 7) is 0. The summed E-state index contributed by atoms with van der Waals surface area (Å²) in [4.78, 5) is 21.1. The molecule has 0 spiro atoms. The lowest BCUT2D eigenvalue weighted by atomic mass is 9.79. The predicted molar refractivity (Wildman–Crippen MR) is 82.0 cm³/mol. The molecule has 0 radical (unpaired) electrons. The van der Waals surface area contributed by atoms with E-state index in [1.54, 1.807) is 48.5 Å². The molecular weight excluding hydrogens is 280 g/mol. The fourth-order valence-electron chi connectivity index (χ4n) is 2.93. The number of benzene rings is 2. The van der Waals surface area contributed by atoms with E-state index in [-0.39, 0.29) is 0 Å². The van der Waals surface area contributed by atoms with Crippen molar-refractivity contribution < 1.29 is 15.0 Å². The van der Waals surface area contributed by atoms with Crippen LogP contribution in [-0.2, 0) is 16.0 Å². The monoisotopic (exact) mass is 292 g/mol. The molecule has 2 N–H and O–H groups in total. The highest BCUT2D eigenvalue weighted by Crippen LogP contribution is 2.43. The van der Waals surface area contributed by atoms with Gasteiger partial charge in [-0.05, 0) is 12.1 Å². The molecule has 2 aliphatic rings. The van der Waals surface area contributed by atoms with Crippen LogP contribution in [0.25, 0.3) is 0 Å². The molecule has 0 fully saturated rings. The maximum Gasteiger partial charge on any atom is 0.216 e. The Morgan fingerprint density at radius 3 is 1.64 bits per heavy atom. The van der Waals surface area contributed by atoms with Crippen molar-refractivity contribution in [1.29, 1.82) is 0 Å². The molecule has 2 atom stereocenters. The highest BCUT2D eigenvalue weighted by Gasteiger charge is 2.53. The van der Waals surface area contributed by atoms with Gasteiger partial charge in [-0.3, -0.25) is 14.8 Å². The Hall–Kier alpha value is -2.63. The number of nitrogens with zero attached hydrogens (tertiary/aromatic N) is 2. The molecule has 0 aromatic heterocycles. The molecule has 0 bridgehead atoms. The first-order chi connectivity index (χ1) is 10.6. The maximum atomic E-state index is 12.9. The van der Waals surface area contributed by atoms with E-state index in [1.807, 2.05) is 0 Å². The topological polar surface area (TPSA) is 82.2 Å². The molecule has 22 heavy (non-hydrogen) atoms. The van der Waals surface area contributed by atoms with Crippen molar-refractivity contribution in [2.45, 2.75) is 11.2 Å². The summed E-state index contributed by atoms with van der Waals surface area (Å²) in [6.07, 6.45) is 2.35. The van der Waals surface area contributed by atoms with Crippen molar-refractivity contribution in [3.8, 4) is 0 Å². The summed E-state index contributed by atoms with van der Waals surface area (Å²) in [5, 5.41) is 21.7. The lowest BCUT2D eigenvalue weighted by Gasteiger charge is -2.28. The zero-order valence-electron chi connectivity index (χ0n) is 11.5. The molecule has 4 rings (SSSR count). The lowest BCUT2D eigenvalue weighted by Crippen LogP contribution is -2.49. The van der Waals surface area contributed by atoms with E-state index in [2.05, 4.69) is 9.98 Å². The lowest BCUT2D eigenvalue weighted by molar-refractivity contribution is -0.144. The van der Waals surface area contributed by atoms with Crippen LogP contribution >= 0.6 is 0 Å². The first-order valence-electron chi connectivity index (χ1n) is 6.85. The Balaban J connectivity index is 1.84. The largest absolute Gasteiger partial charge is 0.372 e. The summed E-state index contributed by atoms with van der Waals surface area (Å²) in [7, 11) is 0. The van der Waals surface area contributed by atoms with E-state index in [0.717, 1.165) is 0 Å². The number of hydrogen-bond donors (Lipinski definition) is 2. The van der Waals surface area contributed by atoms with Gasteiger partial charge in [0.15, 0.2) is 11.2 Å². The van der Waals surface area contributed by atoms with Crippen molar-refractivity contribution in [3.05, 3.63) is 59.7 Å². The normalized spacial score (nSPS) is 27.7. The minimum Gasteiger partial charge on any atom is -0.372 e. The van der Waals surface area contributed by atoms with E-state index in [1.165, 1.54) is 12.4 Å². The zero-order chi connectivity index (χ0) is 15.4. The van der Waals surface area contributed by atoms with Crippen molar-refractivity contribution >= 4 is 29.6 Å². The van der Waals surface area contributed by atoms with E-state index in [4.69, 9.17) is 0 Å². The number of rotatable bonds is 2. The first kappa shape index (κ1) is 13.1. The standard InChI is InChI=1S/C17H12N2O3/c20-15(16(21)9-18-13-7-3-1-5-11(13)16)17(22)10-19-14-8-4-2-6-12(14)17/h1-10,21-22H. The van der Waals surface area contributed by atoms with Gasteiger partial charge in [0.2, 0.25) is 5.78 Å². The molecule has 0 aliphatic carbocycles. The number of para-hydroxylation sites is 2. The van der Waals surface area contributed by atoms with Gasteiger partial charge in [-0.1, -0.05) is 36.4 Å². The molecule has 2 unspecified atom stereocenters.